The molecular formula is C23H30N4O6S. The normalized spacial score (nSPS) is 16.2. The standard InChI is InChI=1S/C23H30N4O6S/c1-3-26(16-22(28)24-17-7-8-20-21(13-17)33-12-11-32-20)23(29)19-14-18(15-25(19)2)34(30,31)27-9-5-4-6-10-27/h7-8,13-15H,3-6,9-12,16H2,1-2H3,(H,24,28). The molecule has 2 amide bonds. The summed E-state index contributed by atoms with van der Waals surface area (Å²) in [5.74, 6) is 0.386. The number of aromatic nitrogens is 1. The van der Waals surface area contributed by atoms with E-state index in [1.807, 2.05) is 0 Å². The molecule has 0 radical (unpaired) electrons. The molecule has 184 valence electrons. The lowest BCUT2D eigenvalue weighted by Gasteiger charge is -2.25. The molecule has 0 aliphatic carbocycles. The first-order chi connectivity index (χ1) is 16.3. The van der Waals surface area contributed by atoms with Crippen LogP contribution in [0.25, 0.3) is 0 Å². The first-order valence-electron chi connectivity index (χ1n) is 11.4. The first kappa shape index (κ1) is 24.1. The predicted octanol–water partition coefficient (Wildman–Crippen LogP) is 2.07. The van der Waals surface area contributed by atoms with Crippen LogP contribution in [0.15, 0.2) is 35.4 Å². The average Bonchev–Trinajstić information content (AvgIpc) is 3.25. The molecule has 0 atom stereocenters. The van der Waals surface area contributed by atoms with Gasteiger partial charge in [-0.3, -0.25) is 9.59 Å². The van der Waals surface area contributed by atoms with Crippen molar-refractivity contribution < 1.29 is 27.5 Å². The Balaban J connectivity index is 1.44. The maximum atomic E-state index is 13.2. The van der Waals surface area contributed by atoms with Gasteiger partial charge < -0.3 is 24.3 Å². The molecule has 34 heavy (non-hydrogen) atoms. The molecule has 1 N–H and O–H groups in total. The molecule has 10 nitrogen and oxygen atoms in total. The van der Waals surface area contributed by atoms with Gasteiger partial charge in [-0.15, -0.1) is 0 Å². The van der Waals surface area contributed by atoms with Crippen LogP contribution in [0.5, 0.6) is 11.5 Å². The van der Waals surface area contributed by atoms with Crippen molar-refractivity contribution in [1.82, 2.24) is 13.8 Å². The number of hydrogen-bond donors (Lipinski definition) is 1. The van der Waals surface area contributed by atoms with Gasteiger partial charge in [0.2, 0.25) is 15.9 Å². The fourth-order valence-electron chi connectivity index (χ4n) is 4.13. The molecule has 0 saturated carbocycles. The molecule has 11 heteroatoms. The van der Waals surface area contributed by atoms with E-state index in [0.717, 1.165) is 19.3 Å². The number of nitrogens with one attached hydrogen (secondary N) is 1. The Morgan fingerprint density at radius 1 is 1.06 bits per heavy atom. The second kappa shape index (κ2) is 10.1. The zero-order chi connectivity index (χ0) is 24.3. The number of piperidine rings is 1. The number of aryl methyl sites for hydroxylation is 1. The van der Waals surface area contributed by atoms with E-state index in [0.29, 0.717) is 43.5 Å². The van der Waals surface area contributed by atoms with Crippen LogP contribution in [-0.4, -0.2) is 73.4 Å². The van der Waals surface area contributed by atoms with Crippen molar-refractivity contribution in [2.75, 3.05) is 44.7 Å². The molecule has 0 spiro atoms. The molecule has 1 aromatic carbocycles. The van der Waals surface area contributed by atoms with Gasteiger partial charge in [0.1, 0.15) is 30.3 Å². The number of amides is 2. The van der Waals surface area contributed by atoms with Crippen molar-refractivity contribution in [3.8, 4) is 11.5 Å². The van der Waals surface area contributed by atoms with Crippen LogP contribution in [-0.2, 0) is 21.9 Å². The van der Waals surface area contributed by atoms with Gasteiger partial charge in [0.15, 0.2) is 11.5 Å². The molecule has 2 aliphatic heterocycles. The fraction of sp³-hybridized carbons (Fsp3) is 0.478. The number of carbonyl (C=O) groups is 2. The molecule has 3 heterocycles. The molecule has 4 rings (SSSR count). The summed E-state index contributed by atoms with van der Waals surface area (Å²) < 4.78 is 40.0. The molecular weight excluding hydrogens is 460 g/mol. The molecule has 2 aliphatic rings. The van der Waals surface area contributed by atoms with Crippen molar-refractivity contribution in [2.45, 2.75) is 31.1 Å². The van der Waals surface area contributed by atoms with E-state index >= 15 is 0 Å². The minimum absolute atomic E-state index is 0.0945. The summed E-state index contributed by atoms with van der Waals surface area (Å²) in [7, 11) is -2.03. The summed E-state index contributed by atoms with van der Waals surface area (Å²) in [5.41, 5.74) is 0.746. The lowest BCUT2D eigenvalue weighted by Crippen LogP contribution is -2.38. The monoisotopic (exact) mass is 490 g/mol. The van der Waals surface area contributed by atoms with Crippen molar-refractivity contribution in [3.05, 3.63) is 36.2 Å². The largest absolute Gasteiger partial charge is 0.486 e. The fourth-order valence-corrected chi connectivity index (χ4v) is 5.72. The number of hydrogen-bond acceptors (Lipinski definition) is 6. The maximum Gasteiger partial charge on any atom is 0.270 e. The highest BCUT2D eigenvalue weighted by atomic mass is 32.2. The van der Waals surface area contributed by atoms with Gasteiger partial charge in [0.05, 0.1) is 0 Å². The summed E-state index contributed by atoms with van der Waals surface area (Å²) in [6.45, 7) is 3.77. The molecule has 2 aromatic rings. The van der Waals surface area contributed by atoms with Crippen molar-refractivity contribution in [1.29, 1.82) is 0 Å². The average molecular weight is 491 g/mol. The Bertz CT molecular complexity index is 1170. The smallest absolute Gasteiger partial charge is 0.270 e. The van der Waals surface area contributed by atoms with E-state index in [2.05, 4.69) is 5.32 Å². The number of carbonyl (C=O) groups excluding carboxylic acids is 2. The van der Waals surface area contributed by atoms with Gasteiger partial charge in [-0.2, -0.15) is 4.31 Å². The summed E-state index contributed by atoms with van der Waals surface area (Å²) in [5, 5.41) is 2.77. The van der Waals surface area contributed by atoms with Gasteiger partial charge >= 0.3 is 0 Å². The minimum Gasteiger partial charge on any atom is -0.486 e. The quantitative estimate of drug-likeness (QED) is 0.636. The number of benzene rings is 1. The summed E-state index contributed by atoms with van der Waals surface area (Å²) in [6, 6.07) is 6.51. The lowest BCUT2D eigenvalue weighted by atomic mass is 10.2. The minimum atomic E-state index is -3.66. The number of rotatable bonds is 7. The predicted molar refractivity (Wildman–Crippen MR) is 126 cm³/mol. The zero-order valence-electron chi connectivity index (χ0n) is 19.5. The van der Waals surface area contributed by atoms with Crippen LogP contribution < -0.4 is 14.8 Å². The highest BCUT2D eigenvalue weighted by Crippen LogP contribution is 2.32. The number of nitrogens with zero attached hydrogens (tertiary/aromatic N) is 3. The molecule has 1 saturated heterocycles. The van der Waals surface area contributed by atoms with Crippen LogP contribution in [0.2, 0.25) is 0 Å². The first-order valence-corrected chi connectivity index (χ1v) is 12.9. The topological polar surface area (TPSA) is 110 Å². The van der Waals surface area contributed by atoms with Gasteiger partial charge in [0.25, 0.3) is 5.91 Å². The van der Waals surface area contributed by atoms with Crippen molar-refractivity contribution in [3.63, 3.8) is 0 Å². The second-order valence-electron chi connectivity index (χ2n) is 8.36. The van der Waals surface area contributed by atoms with Gasteiger partial charge in [-0.1, -0.05) is 6.42 Å². The Morgan fingerprint density at radius 2 is 1.76 bits per heavy atom. The van der Waals surface area contributed by atoms with E-state index in [-0.39, 0.29) is 29.6 Å². The number of likely N-dealkylation sites (N-methyl/N-ethyl adjacent to an activating group) is 1. The van der Waals surface area contributed by atoms with E-state index in [1.165, 1.54) is 26.0 Å². The number of fused-ring (bicyclic) bond motifs is 1. The van der Waals surface area contributed by atoms with Crippen LogP contribution in [0.1, 0.15) is 36.7 Å². The molecule has 1 aromatic heterocycles. The Kier molecular flexibility index (Phi) is 7.13. The number of anilines is 1. The van der Waals surface area contributed by atoms with Crippen LogP contribution >= 0.6 is 0 Å². The van der Waals surface area contributed by atoms with Gasteiger partial charge in [0, 0.05) is 44.6 Å². The van der Waals surface area contributed by atoms with Crippen LogP contribution in [0, 0.1) is 0 Å². The Labute approximate surface area is 199 Å². The zero-order valence-corrected chi connectivity index (χ0v) is 20.3. The van der Waals surface area contributed by atoms with Gasteiger partial charge in [-0.05, 0) is 38.0 Å². The summed E-state index contributed by atoms with van der Waals surface area (Å²) in [6.07, 6.45) is 4.14. The van der Waals surface area contributed by atoms with Crippen LogP contribution in [0.3, 0.4) is 0 Å². The highest BCUT2D eigenvalue weighted by molar-refractivity contribution is 7.89. The second-order valence-corrected chi connectivity index (χ2v) is 10.3. The SMILES string of the molecule is CCN(CC(=O)Nc1ccc2c(c1)OCCO2)C(=O)c1cc(S(=O)(=O)N2CCCCC2)cn1C. The van der Waals surface area contributed by atoms with Crippen molar-refractivity contribution in [2.24, 2.45) is 7.05 Å². The molecule has 0 bridgehead atoms. The Hall–Kier alpha value is -3.05. The maximum absolute atomic E-state index is 13.2. The third-order valence-electron chi connectivity index (χ3n) is 5.98. The van der Waals surface area contributed by atoms with Crippen LogP contribution in [0.4, 0.5) is 5.69 Å². The Morgan fingerprint density at radius 3 is 2.47 bits per heavy atom. The highest BCUT2D eigenvalue weighted by Gasteiger charge is 2.29. The lowest BCUT2D eigenvalue weighted by molar-refractivity contribution is -0.116. The van der Waals surface area contributed by atoms with E-state index in [1.54, 1.807) is 32.2 Å². The third-order valence-corrected chi connectivity index (χ3v) is 7.85. The van der Waals surface area contributed by atoms with Crippen molar-refractivity contribution >= 4 is 27.5 Å². The number of ether oxygens (including phenoxy) is 2. The van der Waals surface area contributed by atoms with E-state index in [9.17, 15) is 18.0 Å². The van der Waals surface area contributed by atoms with Gasteiger partial charge in [-0.25, -0.2) is 8.42 Å². The molecule has 1 fully saturated rings. The van der Waals surface area contributed by atoms with E-state index in [4.69, 9.17) is 9.47 Å². The number of sulfonamides is 1. The molecule has 0 unspecified atom stereocenters. The van der Waals surface area contributed by atoms with E-state index < -0.39 is 15.9 Å². The third kappa shape index (κ3) is 5.05. The summed E-state index contributed by atoms with van der Waals surface area (Å²) >= 11 is 0. The summed E-state index contributed by atoms with van der Waals surface area (Å²) in [4.78, 5) is 27.3.